The second-order valence-corrected chi connectivity index (χ2v) is 7.38. The van der Waals surface area contributed by atoms with E-state index in [0.717, 1.165) is 11.8 Å². The highest BCUT2D eigenvalue weighted by Gasteiger charge is 2.37. The summed E-state index contributed by atoms with van der Waals surface area (Å²) >= 11 is 1.05. The van der Waals surface area contributed by atoms with Crippen molar-refractivity contribution in [2.75, 3.05) is 12.3 Å². The number of amides is 1. The van der Waals surface area contributed by atoms with Crippen LogP contribution in [0.25, 0.3) is 0 Å². The molecule has 1 heterocycles. The van der Waals surface area contributed by atoms with Crippen LogP contribution in [0.1, 0.15) is 46.5 Å². The smallest absolute Gasteiger partial charge is 0.326 e. The molecule has 1 unspecified atom stereocenters. The number of hydrogen-bond acceptors (Lipinski definition) is 5. The minimum atomic E-state index is -0.993. The average molecular weight is 343 g/mol. The van der Waals surface area contributed by atoms with E-state index >= 15 is 0 Å². The van der Waals surface area contributed by atoms with E-state index in [4.69, 9.17) is 0 Å². The number of nitrogens with zero attached hydrogens (tertiary/aromatic N) is 1. The Hall–Kier alpha value is -1.37. The molecule has 0 aromatic rings. The van der Waals surface area contributed by atoms with Crippen molar-refractivity contribution in [2.45, 2.75) is 52.5 Å². The molecule has 1 saturated heterocycles. The number of aliphatic carboxylic acids is 1. The lowest BCUT2D eigenvalue weighted by atomic mass is 9.97. The van der Waals surface area contributed by atoms with Crippen molar-refractivity contribution in [1.82, 2.24) is 4.90 Å². The van der Waals surface area contributed by atoms with Crippen LogP contribution in [0.2, 0.25) is 0 Å². The minimum Gasteiger partial charge on any atom is -0.480 e. The lowest BCUT2D eigenvalue weighted by Crippen LogP contribution is -2.44. The molecule has 0 spiro atoms. The third kappa shape index (κ3) is 5.97. The minimum absolute atomic E-state index is 0.0758. The van der Waals surface area contributed by atoms with Crippen LogP contribution in [-0.4, -0.2) is 51.1 Å². The number of Topliss-reactive ketones (excluding diaryl/α,β-unsaturated/α-hetero) is 1. The molecule has 0 bridgehead atoms. The molecule has 6 nitrogen and oxygen atoms in total. The monoisotopic (exact) mass is 343 g/mol. The van der Waals surface area contributed by atoms with Gasteiger partial charge in [0, 0.05) is 37.5 Å². The van der Waals surface area contributed by atoms with Gasteiger partial charge in [0.25, 0.3) is 0 Å². The molecule has 23 heavy (non-hydrogen) atoms. The van der Waals surface area contributed by atoms with E-state index in [1.54, 1.807) is 0 Å². The summed E-state index contributed by atoms with van der Waals surface area (Å²) in [4.78, 5) is 48.3. The summed E-state index contributed by atoms with van der Waals surface area (Å²) < 4.78 is 0. The van der Waals surface area contributed by atoms with Gasteiger partial charge in [-0.15, -0.1) is 0 Å². The maximum absolute atomic E-state index is 12.7. The van der Waals surface area contributed by atoms with Crippen LogP contribution in [0, 0.1) is 11.8 Å². The lowest BCUT2D eigenvalue weighted by molar-refractivity contribution is -0.149. The van der Waals surface area contributed by atoms with Gasteiger partial charge in [0.05, 0.1) is 0 Å². The average Bonchev–Trinajstić information content (AvgIpc) is 2.95. The zero-order chi connectivity index (χ0) is 17.6. The fraction of sp³-hybridized carbons (Fsp3) is 0.750. The predicted octanol–water partition coefficient (Wildman–Crippen LogP) is 1.96. The summed E-state index contributed by atoms with van der Waals surface area (Å²) in [7, 11) is 0. The number of carboxylic acids is 1. The fourth-order valence-corrected chi connectivity index (χ4v) is 3.37. The first kappa shape index (κ1) is 19.7. The van der Waals surface area contributed by atoms with E-state index < -0.39 is 17.9 Å². The van der Waals surface area contributed by atoms with Crippen LogP contribution < -0.4 is 0 Å². The Bertz CT molecular complexity index is 477. The molecule has 130 valence electrons. The van der Waals surface area contributed by atoms with Crippen LogP contribution in [-0.2, 0) is 19.2 Å². The van der Waals surface area contributed by atoms with Crippen LogP contribution >= 0.6 is 11.8 Å². The summed E-state index contributed by atoms with van der Waals surface area (Å²) in [5, 5.41) is 9.13. The highest BCUT2D eigenvalue weighted by molar-refractivity contribution is 8.13. The number of thioether (sulfide) groups is 1. The van der Waals surface area contributed by atoms with Gasteiger partial charge in [0.1, 0.15) is 11.8 Å². The number of carbonyl (C=O) groups excluding carboxylic acids is 3. The van der Waals surface area contributed by atoms with Gasteiger partial charge in [-0.1, -0.05) is 25.6 Å². The molecule has 0 radical (unpaired) electrons. The summed E-state index contributed by atoms with van der Waals surface area (Å²) in [6.45, 7) is 5.48. The van der Waals surface area contributed by atoms with Crippen LogP contribution in [0.4, 0.5) is 0 Å². The zero-order valence-electron chi connectivity index (χ0n) is 13.9. The molecule has 7 heteroatoms. The van der Waals surface area contributed by atoms with Crippen molar-refractivity contribution in [3.8, 4) is 0 Å². The Morgan fingerprint density at radius 3 is 2.43 bits per heavy atom. The first-order chi connectivity index (χ1) is 10.7. The van der Waals surface area contributed by atoms with Gasteiger partial charge in [-0.2, -0.15) is 0 Å². The van der Waals surface area contributed by atoms with E-state index in [1.807, 2.05) is 13.8 Å². The summed E-state index contributed by atoms with van der Waals surface area (Å²) in [5.74, 6) is -1.46. The summed E-state index contributed by atoms with van der Waals surface area (Å²) in [6.07, 6.45) is 1.76. The molecule has 0 aliphatic carbocycles. The van der Waals surface area contributed by atoms with Crippen molar-refractivity contribution < 1.29 is 24.3 Å². The quantitative estimate of drug-likeness (QED) is 0.724. The van der Waals surface area contributed by atoms with Crippen molar-refractivity contribution in [3.05, 3.63) is 0 Å². The number of likely N-dealkylation sites (tertiary alicyclic amines) is 1. The molecule has 1 aliphatic heterocycles. The Kier molecular flexibility index (Phi) is 7.75. The van der Waals surface area contributed by atoms with Crippen LogP contribution in [0.5, 0.6) is 0 Å². The van der Waals surface area contributed by atoms with E-state index in [1.165, 1.54) is 11.8 Å². The third-order valence-electron chi connectivity index (χ3n) is 4.04. The highest BCUT2D eigenvalue weighted by atomic mass is 32.2. The molecule has 0 saturated carbocycles. The molecule has 1 rings (SSSR count). The van der Waals surface area contributed by atoms with Gasteiger partial charge in [-0.3, -0.25) is 14.4 Å². The standard InChI is InChI=1S/C16H25NO5S/c1-10(2)14(19)7-6-12(9-23-11(3)18)15(20)17-8-4-5-13(17)16(21)22/h10,12-13H,4-9H2,1-3H3,(H,21,22)/t12?,13-/m0/s1. The fourth-order valence-electron chi connectivity index (χ4n) is 2.62. The predicted molar refractivity (Wildman–Crippen MR) is 88.1 cm³/mol. The first-order valence-corrected chi connectivity index (χ1v) is 8.92. The Balaban J connectivity index is 2.76. The van der Waals surface area contributed by atoms with Gasteiger partial charge in [-0.05, 0) is 19.3 Å². The molecular weight excluding hydrogens is 318 g/mol. The van der Waals surface area contributed by atoms with Crippen molar-refractivity contribution >= 4 is 34.5 Å². The number of ketones is 1. The van der Waals surface area contributed by atoms with Gasteiger partial charge in [0.2, 0.25) is 5.91 Å². The van der Waals surface area contributed by atoms with Crippen molar-refractivity contribution in [3.63, 3.8) is 0 Å². The molecule has 1 fully saturated rings. The molecule has 1 amide bonds. The molecule has 1 N–H and O–H groups in total. The van der Waals surface area contributed by atoms with Gasteiger partial charge in [-0.25, -0.2) is 4.79 Å². The van der Waals surface area contributed by atoms with E-state index in [9.17, 15) is 24.3 Å². The first-order valence-electron chi connectivity index (χ1n) is 7.93. The number of carbonyl (C=O) groups is 4. The third-order valence-corrected chi connectivity index (χ3v) is 5.02. The SMILES string of the molecule is CC(=O)SCC(CCC(=O)C(C)C)C(=O)N1CCC[C@H]1C(=O)O. The number of hydrogen-bond donors (Lipinski definition) is 1. The van der Waals surface area contributed by atoms with E-state index in [-0.39, 0.29) is 29.1 Å². The van der Waals surface area contributed by atoms with Crippen molar-refractivity contribution in [2.24, 2.45) is 11.8 Å². The molecular formula is C16H25NO5S. The largest absolute Gasteiger partial charge is 0.480 e. The maximum Gasteiger partial charge on any atom is 0.326 e. The summed E-state index contributed by atoms with van der Waals surface area (Å²) in [5.41, 5.74) is 0. The second kappa shape index (κ2) is 9.05. The molecule has 0 aromatic heterocycles. The Labute approximate surface area is 141 Å². The number of rotatable bonds is 8. The maximum atomic E-state index is 12.7. The number of carboxylic acid groups (broad SMARTS) is 1. The van der Waals surface area contributed by atoms with Gasteiger partial charge < -0.3 is 10.0 Å². The van der Waals surface area contributed by atoms with Crippen LogP contribution in [0.3, 0.4) is 0 Å². The molecule has 2 atom stereocenters. The van der Waals surface area contributed by atoms with Gasteiger partial charge >= 0.3 is 5.97 Å². The topological polar surface area (TPSA) is 91.8 Å². The molecule has 0 aromatic carbocycles. The Morgan fingerprint density at radius 2 is 1.91 bits per heavy atom. The zero-order valence-corrected chi connectivity index (χ0v) is 14.7. The normalized spacial score (nSPS) is 19.0. The van der Waals surface area contributed by atoms with E-state index in [0.29, 0.717) is 31.6 Å². The van der Waals surface area contributed by atoms with E-state index in [2.05, 4.69) is 0 Å². The van der Waals surface area contributed by atoms with Crippen molar-refractivity contribution in [1.29, 1.82) is 0 Å². The van der Waals surface area contributed by atoms with Gasteiger partial charge in [0.15, 0.2) is 5.12 Å². The summed E-state index contributed by atoms with van der Waals surface area (Å²) in [6, 6.07) is -0.784. The Morgan fingerprint density at radius 1 is 1.26 bits per heavy atom. The molecule has 1 aliphatic rings. The lowest BCUT2D eigenvalue weighted by Gasteiger charge is -2.26. The second-order valence-electron chi connectivity index (χ2n) is 6.19. The highest BCUT2D eigenvalue weighted by Crippen LogP contribution is 2.25. The van der Waals surface area contributed by atoms with Crippen LogP contribution in [0.15, 0.2) is 0 Å².